The predicted octanol–water partition coefficient (Wildman–Crippen LogP) is 2.47. The molecule has 3 rings (SSSR count). The van der Waals surface area contributed by atoms with Gasteiger partial charge in [0.25, 0.3) is 0 Å². The molecule has 2 N–H and O–H groups in total. The summed E-state index contributed by atoms with van der Waals surface area (Å²) in [5.74, 6) is 1.65. The molecule has 188 valence electrons. The van der Waals surface area contributed by atoms with Gasteiger partial charge in [-0.3, -0.25) is 14.8 Å². The highest BCUT2D eigenvalue weighted by Gasteiger charge is 2.39. The molecule has 3 aliphatic rings. The molecule has 0 spiro atoms. The highest BCUT2D eigenvalue weighted by molar-refractivity contribution is 14.0. The zero-order valence-electron chi connectivity index (χ0n) is 21.1. The Hall–Kier alpha value is -0.160. The lowest BCUT2D eigenvalue weighted by Crippen LogP contribution is -2.58. The standard InChI is InChI=1S/C24H48N6O.HI/c1-5-25-23(26-17-22-19-29(15-16-31-22)18-21(2)3)27-20-24(9-13-28(4)14-10-24)30-11-7-6-8-12-30;/h21-22H,5-20H2,1-4H3,(H2,25,26,27);1H. The van der Waals surface area contributed by atoms with Crippen LogP contribution in [-0.4, -0.2) is 111 Å². The Kier molecular flexibility index (Phi) is 12.5. The van der Waals surface area contributed by atoms with E-state index >= 15 is 0 Å². The summed E-state index contributed by atoms with van der Waals surface area (Å²) in [6, 6.07) is 0. The molecule has 3 aliphatic heterocycles. The molecule has 0 bridgehead atoms. The van der Waals surface area contributed by atoms with Gasteiger partial charge in [-0.2, -0.15) is 0 Å². The van der Waals surface area contributed by atoms with Gasteiger partial charge in [-0.1, -0.05) is 20.3 Å². The van der Waals surface area contributed by atoms with Gasteiger partial charge in [-0.05, 0) is 71.8 Å². The zero-order valence-corrected chi connectivity index (χ0v) is 23.4. The lowest BCUT2D eigenvalue weighted by atomic mass is 9.84. The number of aliphatic imine (C=N–C) groups is 1. The second kappa shape index (κ2) is 14.3. The molecular weight excluding hydrogens is 515 g/mol. The maximum absolute atomic E-state index is 6.04. The van der Waals surface area contributed by atoms with E-state index in [1.54, 1.807) is 0 Å². The van der Waals surface area contributed by atoms with Crippen LogP contribution in [-0.2, 0) is 4.74 Å². The first kappa shape index (κ1) is 28.1. The van der Waals surface area contributed by atoms with Crippen LogP contribution < -0.4 is 10.6 Å². The van der Waals surface area contributed by atoms with Crippen LogP contribution >= 0.6 is 24.0 Å². The number of nitrogens with one attached hydrogen (secondary N) is 2. The summed E-state index contributed by atoms with van der Waals surface area (Å²) in [5, 5.41) is 7.07. The van der Waals surface area contributed by atoms with Gasteiger partial charge in [0.05, 0.1) is 19.3 Å². The molecule has 0 aromatic heterocycles. The summed E-state index contributed by atoms with van der Waals surface area (Å²) in [6.45, 7) is 18.2. The number of halogens is 1. The van der Waals surface area contributed by atoms with Gasteiger partial charge in [0.15, 0.2) is 5.96 Å². The fraction of sp³-hybridized carbons (Fsp3) is 0.958. The summed E-state index contributed by atoms with van der Waals surface area (Å²) in [4.78, 5) is 12.9. The first-order valence-electron chi connectivity index (χ1n) is 12.8. The van der Waals surface area contributed by atoms with Crippen LogP contribution in [0, 0.1) is 5.92 Å². The minimum atomic E-state index is 0. The lowest BCUT2D eigenvalue weighted by molar-refractivity contribution is -0.0284. The Balaban J connectivity index is 0.00000363. The summed E-state index contributed by atoms with van der Waals surface area (Å²) >= 11 is 0. The van der Waals surface area contributed by atoms with E-state index in [1.165, 1.54) is 58.3 Å². The van der Waals surface area contributed by atoms with Gasteiger partial charge in [-0.25, -0.2) is 0 Å². The van der Waals surface area contributed by atoms with Crippen LogP contribution in [0.2, 0.25) is 0 Å². The quantitative estimate of drug-likeness (QED) is 0.269. The van der Waals surface area contributed by atoms with Crippen molar-refractivity contribution in [1.29, 1.82) is 0 Å². The Labute approximate surface area is 214 Å². The van der Waals surface area contributed by atoms with Crippen LogP contribution in [0.1, 0.15) is 52.9 Å². The normalized spacial score (nSPS) is 26.0. The predicted molar refractivity (Wildman–Crippen MR) is 145 cm³/mol. The van der Waals surface area contributed by atoms with Crippen molar-refractivity contribution in [1.82, 2.24) is 25.3 Å². The first-order chi connectivity index (χ1) is 15.0. The molecule has 32 heavy (non-hydrogen) atoms. The van der Waals surface area contributed by atoms with Crippen molar-refractivity contribution in [3.8, 4) is 0 Å². The van der Waals surface area contributed by atoms with Gasteiger partial charge in [0.2, 0.25) is 0 Å². The van der Waals surface area contributed by atoms with E-state index in [-0.39, 0.29) is 35.6 Å². The Morgan fingerprint density at radius 3 is 2.44 bits per heavy atom. The maximum Gasteiger partial charge on any atom is 0.191 e. The molecule has 3 heterocycles. The third-order valence-corrected chi connectivity index (χ3v) is 7.16. The van der Waals surface area contributed by atoms with E-state index in [0.29, 0.717) is 5.92 Å². The first-order valence-corrected chi connectivity index (χ1v) is 12.8. The average Bonchev–Trinajstić information content (AvgIpc) is 2.77. The number of hydrogen-bond acceptors (Lipinski definition) is 5. The van der Waals surface area contributed by atoms with Gasteiger partial charge < -0.3 is 20.3 Å². The number of piperidine rings is 2. The van der Waals surface area contributed by atoms with E-state index < -0.39 is 0 Å². The molecule has 0 radical (unpaired) electrons. The molecule has 8 heteroatoms. The zero-order chi connectivity index (χ0) is 22.1. The Morgan fingerprint density at radius 2 is 1.78 bits per heavy atom. The van der Waals surface area contributed by atoms with Crippen LogP contribution in [0.4, 0.5) is 0 Å². The number of nitrogens with zero attached hydrogens (tertiary/aromatic N) is 4. The largest absolute Gasteiger partial charge is 0.374 e. The second-order valence-electron chi connectivity index (χ2n) is 10.3. The van der Waals surface area contributed by atoms with Crippen LogP contribution in [0.3, 0.4) is 0 Å². The van der Waals surface area contributed by atoms with Gasteiger partial charge in [-0.15, -0.1) is 24.0 Å². The van der Waals surface area contributed by atoms with E-state index in [0.717, 1.165) is 51.8 Å². The molecule has 0 amide bonds. The van der Waals surface area contributed by atoms with E-state index in [2.05, 4.69) is 53.2 Å². The topological polar surface area (TPSA) is 55.4 Å². The molecule has 3 fully saturated rings. The number of morpholine rings is 1. The molecule has 1 unspecified atom stereocenters. The van der Waals surface area contributed by atoms with Gasteiger partial charge in [0, 0.05) is 38.3 Å². The van der Waals surface area contributed by atoms with Gasteiger partial charge in [0.1, 0.15) is 0 Å². The molecule has 1 atom stereocenters. The maximum atomic E-state index is 6.04. The summed E-state index contributed by atoms with van der Waals surface area (Å²) in [6.07, 6.45) is 6.74. The number of guanidine groups is 1. The van der Waals surface area contributed by atoms with E-state index in [1.807, 2.05) is 0 Å². The van der Waals surface area contributed by atoms with Crippen molar-refractivity contribution >= 4 is 29.9 Å². The summed E-state index contributed by atoms with van der Waals surface area (Å²) in [7, 11) is 2.25. The molecule has 0 aromatic rings. The Bertz CT molecular complexity index is 547. The fourth-order valence-electron chi connectivity index (χ4n) is 5.34. The minimum Gasteiger partial charge on any atom is -0.374 e. The number of likely N-dealkylation sites (tertiary alicyclic amines) is 2. The average molecular weight is 565 g/mol. The summed E-state index contributed by atoms with van der Waals surface area (Å²) in [5.41, 5.74) is 0.227. The molecule has 7 nitrogen and oxygen atoms in total. The number of rotatable bonds is 8. The van der Waals surface area contributed by atoms with Crippen molar-refractivity contribution in [2.45, 2.75) is 64.5 Å². The number of ether oxygens (including phenoxy) is 1. The van der Waals surface area contributed by atoms with E-state index in [9.17, 15) is 0 Å². The van der Waals surface area contributed by atoms with Crippen molar-refractivity contribution in [3.63, 3.8) is 0 Å². The SMILES string of the molecule is CCNC(=NCC1(N2CCCCC2)CCN(C)CC1)NCC1CN(CC(C)C)CCO1.I. The molecule has 3 saturated heterocycles. The smallest absolute Gasteiger partial charge is 0.191 e. The third-order valence-electron chi connectivity index (χ3n) is 7.16. The van der Waals surface area contributed by atoms with Crippen LogP contribution in [0.5, 0.6) is 0 Å². The number of hydrogen-bond donors (Lipinski definition) is 2. The van der Waals surface area contributed by atoms with Crippen molar-refractivity contribution < 1.29 is 4.74 Å². The van der Waals surface area contributed by atoms with Crippen molar-refractivity contribution in [3.05, 3.63) is 0 Å². The van der Waals surface area contributed by atoms with Crippen LogP contribution in [0.25, 0.3) is 0 Å². The van der Waals surface area contributed by atoms with Crippen LogP contribution in [0.15, 0.2) is 4.99 Å². The molecular formula is C24H49IN6O. The van der Waals surface area contributed by atoms with Gasteiger partial charge >= 0.3 is 0 Å². The Morgan fingerprint density at radius 1 is 1.06 bits per heavy atom. The minimum absolute atomic E-state index is 0. The van der Waals surface area contributed by atoms with Crippen molar-refractivity contribution in [2.75, 3.05) is 79.1 Å². The molecule has 0 saturated carbocycles. The molecule has 0 aliphatic carbocycles. The fourth-order valence-corrected chi connectivity index (χ4v) is 5.34. The highest BCUT2D eigenvalue weighted by atomic mass is 127. The highest BCUT2D eigenvalue weighted by Crippen LogP contribution is 2.31. The third kappa shape index (κ3) is 8.56. The van der Waals surface area contributed by atoms with Crippen molar-refractivity contribution in [2.24, 2.45) is 10.9 Å². The monoisotopic (exact) mass is 564 g/mol. The summed E-state index contributed by atoms with van der Waals surface area (Å²) < 4.78 is 6.04. The molecule has 0 aromatic carbocycles. The van der Waals surface area contributed by atoms with E-state index in [4.69, 9.17) is 9.73 Å². The lowest BCUT2D eigenvalue weighted by Gasteiger charge is -2.49. The second-order valence-corrected chi connectivity index (χ2v) is 10.3.